The molecule has 15 nitrogen and oxygen atoms in total. The fourth-order valence-electron chi connectivity index (χ4n) is 4.01. The molecule has 2 saturated heterocycles. The van der Waals surface area contributed by atoms with E-state index in [2.05, 4.69) is 10.6 Å². The molecular formula is C20H30N4O11S. The lowest BCUT2D eigenvalue weighted by Gasteiger charge is -2.44. The average molecular weight is 535 g/mol. The van der Waals surface area contributed by atoms with Crippen molar-refractivity contribution in [2.24, 2.45) is 5.73 Å². The van der Waals surface area contributed by atoms with Crippen LogP contribution in [0.25, 0.3) is 0 Å². The number of β-lactam (4-membered cyclic amide) rings is 1. The fourth-order valence-corrected chi connectivity index (χ4v) is 5.65. The number of aromatic hydroxyl groups is 1. The summed E-state index contributed by atoms with van der Waals surface area (Å²) in [6, 6.07) is 0.607. The van der Waals surface area contributed by atoms with Gasteiger partial charge in [0.05, 0.1) is 12.5 Å². The van der Waals surface area contributed by atoms with E-state index in [1.54, 1.807) is 13.8 Å². The number of hydrogen-bond acceptors (Lipinski definition) is 8. The van der Waals surface area contributed by atoms with Gasteiger partial charge in [-0.2, -0.15) is 0 Å². The summed E-state index contributed by atoms with van der Waals surface area (Å²) in [7, 11) is 0. The van der Waals surface area contributed by atoms with Crippen LogP contribution in [0.5, 0.6) is 5.75 Å². The molecule has 0 unspecified atom stereocenters. The third-order valence-corrected chi connectivity index (χ3v) is 7.12. The highest BCUT2D eigenvalue weighted by atomic mass is 32.2. The van der Waals surface area contributed by atoms with Gasteiger partial charge in [-0.05, 0) is 31.5 Å². The smallest absolute Gasteiger partial charge is 0.327 e. The van der Waals surface area contributed by atoms with E-state index in [4.69, 9.17) is 5.73 Å². The molecule has 3 rings (SSSR count). The number of phenolic OH excluding ortho intramolecular Hbond substituents is 1. The van der Waals surface area contributed by atoms with Crippen molar-refractivity contribution < 1.29 is 55.7 Å². The van der Waals surface area contributed by atoms with Crippen molar-refractivity contribution in [1.29, 1.82) is 0 Å². The minimum Gasteiger partial charge on any atom is -0.508 e. The molecule has 202 valence electrons. The summed E-state index contributed by atoms with van der Waals surface area (Å²) < 4.78 is -0.789. The van der Waals surface area contributed by atoms with Crippen LogP contribution >= 0.6 is 11.8 Å². The van der Waals surface area contributed by atoms with E-state index in [1.165, 1.54) is 40.9 Å². The molecule has 2 heterocycles. The van der Waals surface area contributed by atoms with Crippen molar-refractivity contribution >= 4 is 41.4 Å². The Kier molecular flexibility index (Phi) is 10.9. The van der Waals surface area contributed by atoms with Gasteiger partial charge in [-0.1, -0.05) is 12.1 Å². The second kappa shape index (κ2) is 12.0. The molecule has 1 aromatic rings. The molecule has 0 bridgehead atoms. The minimum atomic E-state index is -1.40. The van der Waals surface area contributed by atoms with Gasteiger partial charge in [0.2, 0.25) is 17.7 Å². The maximum Gasteiger partial charge on any atom is 0.327 e. The molecule has 0 aromatic heterocycles. The van der Waals surface area contributed by atoms with E-state index >= 15 is 0 Å². The number of nitrogens with one attached hydrogen (secondary N) is 2. The van der Waals surface area contributed by atoms with E-state index in [9.17, 15) is 39.3 Å². The van der Waals surface area contributed by atoms with Crippen LogP contribution in [0, 0.1) is 0 Å². The molecule has 0 saturated carbocycles. The quantitative estimate of drug-likeness (QED) is 0.170. The zero-order valence-corrected chi connectivity index (χ0v) is 20.0. The largest absolute Gasteiger partial charge is 0.508 e. The van der Waals surface area contributed by atoms with E-state index in [0.29, 0.717) is 0 Å². The highest BCUT2D eigenvalue weighted by molar-refractivity contribution is 8.01. The summed E-state index contributed by atoms with van der Waals surface area (Å²) in [6.07, 6.45) is -0.695. The van der Waals surface area contributed by atoms with Crippen LogP contribution in [-0.4, -0.2) is 94.6 Å². The van der Waals surface area contributed by atoms with E-state index in [-0.39, 0.29) is 27.7 Å². The minimum absolute atomic E-state index is 0. The van der Waals surface area contributed by atoms with E-state index < -0.39 is 70.4 Å². The molecular weight excluding hydrogens is 504 g/mol. The number of primary amides is 1. The number of carbonyl (C=O) groups is 5. The Morgan fingerprint density at radius 1 is 1.11 bits per heavy atom. The number of carboxylic acids is 2. The number of rotatable bonds is 9. The Labute approximate surface area is 208 Å². The molecule has 3 amide bonds. The van der Waals surface area contributed by atoms with Gasteiger partial charge in [0, 0.05) is 4.75 Å². The molecule has 0 aliphatic carbocycles. The first-order valence-corrected chi connectivity index (χ1v) is 10.8. The predicted octanol–water partition coefficient (Wildman–Crippen LogP) is -3.49. The predicted molar refractivity (Wildman–Crippen MR) is 126 cm³/mol. The number of nitrogens with two attached hydrogens (primary N) is 1. The van der Waals surface area contributed by atoms with Crippen LogP contribution in [0.4, 0.5) is 0 Å². The number of phenols is 1. The van der Waals surface area contributed by atoms with Crippen LogP contribution in [0.3, 0.4) is 0 Å². The summed E-state index contributed by atoms with van der Waals surface area (Å²) in [5.74, 6) is -4.89. The van der Waals surface area contributed by atoms with E-state index in [0.717, 1.165) is 0 Å². The van der Waals surface area contributed by atoms with Gasteiger partial charge in [-0.25, -0.2) is 4.79 Å². The molecule has 5 atom stereocenters. The molecule has 1 aromatic carbocycles. The number of hydrogen-bond donors (Lipinski definition) is 6. The molecule has 36 heavy (non-hydrogen) atoms. The number of carbonyl (C=O) groups excluding carboxylic acids is 3. The lowest BCUT2D eigenvalue weighted by Crippen LogP contribution is -2.72. The number of benzene rings is 1. The zero-order valence-electron chi connectivity index (χ0n) is 19.2. The topological polar surface area (TPSA) is 294 Å². The number of nitrogens with zero attached hydrogens (tertiary/aromatic N) is 1. The molecule has 2 aliphatic rings. The van der Waals surface area contributed by atoms with Gasteiger partial charge in [-0.15, -0.1) is 11.8 Å². The third-order valence-electron chi connectivity index (χ3n) is 5.55. The highest BCUT2D eigenvalue weighted by Crippen LogP contribution is 2.50. The SMILES string of the molecule is CC1(C)S[C@@H]2[C@H](N[C@@H](CC(=O)O)C(=O)N[C@@H](C(N)=O)c3ccc(O)cc3)C(=O)N2[C@H]1C(=O)O.O.O.O. The first-order valence-electron chi connectivity index (χ1n) is 9.92. The maximum atomic E-state index is 12.9. The molecule has 16 heteroatoms. The lowest BCUT2D eigenvalue weighted by atomic mass is 9.95. The molecule has 0 radical (unpaired) electrons. The Hall–Kier alpha value is -3.44. The normalized spacial score (nSPS) is 22.8. The number of thioether (sulfide) groups is 1. The van der Waals surface area contributed by atoms with Crippen molar-refractivity contribution in [2.45, 2.75) is 54.6 Å². The zero-order chi connectivity index (χ0) is 24.7. The van der Waals surface area contributed by atoms with Crippen LogP contribution in [-0.2, 0) is 24.0 Å². The average Bonchev–Trinajstić information content (AvgIpc) is 2.97. The molecule has 2 fully saturated rings. The monoisotopic (exact) mass is 534 g/mol. The van der Waals surface area contributed by atoms with Gasteiger partial charge in [0.25, 0.3) is 0 Å². The van der Waals surface area contributed by atoms with Gasteiger partial charge >= 0.3 is 11.9 Å². The van der Waals surface area contributed by atoms with Gasteiger partial charge in [0.15, 0.2) is 0 Å². The summed E-state index contributed by atoms with van der Waals surface area (Å²) in [4.78, 5) is 61.7. The number of carboxylic acid groups (broad SMARTS) is 2. The maximum absolute atomic E-state index is 12.9. The Morgan fingerprint density at radius 3 is 2.14 bits per heavy atom. The second-order valence-corrected chi connectivity index (χ2v) is 10.1. The molecule has 13 N–H and O–H groups in total. The Balaban J connectivity index is 0.00000408. The van der Waals surface area contributed by atoms with Crippen molar-refractivity contribution in [1.82, 2.24) is 15.5 Å². The number of aliphatic carboxylic acids is 2. The van der Waals surface area contributed by atoms with Crippen LogP contribution in [0.2, 0.25) is 0 Å². The summed E-state index contributed by atoms with van der Waals surface area (Å²) in [5.41, 5.74) is 5.66. The van der Waals surface area contributed by atoms with Crippen LogP contribution in [0.15, 0.2) is 24.3 Å². The third kappa shape index (κ3) is 6.21. The van der Waals surface area contributed by atoms with Gasteiger partial charge in [0.1, 0.15) is 29.2 Å². The first-order chi connectivity index (χ1) is 15.3. The van der Waals surface area contributed by atoms with Gasteiger partial charge < -0.3 is 47.7 Å². The fraction of sp³-hybridized carbons (Fsp3) is 0.450. The van der Waals surface area contributed by atoms with Crippen LogP contribution in [0.1, 0.15) is 31.9 Å². The molecule has 2 aliphatic heterocycles. The summed E-state index contributed by atoms with van der Waals surface area (Å²) >= 11 is 1.24. The van der Waals surface area contributed by atoms with Gasteiger partial charge in [-0.3, -0.25) is 24.5 Å². The van der Waals surface area contributed by atoms with Crippen molar-refractivity contribution in [3.8, 4) is 5.75 Å². The standard InChI is InChI=1S/C20H24N4O8S.3H2O/c1-20(2)14(19(31)32)24-17(30)13(18(24)33-20)22-10(7-11(26)27)16(29)23-12(15(21)28)8-3-5-9(25)6-4-8;;;/h3-6,10,12-14,18,22,25H,7H2,1-2H3,(H2,21,28)(H,23,29)(H,26,27)(H,31,32);3*1H2/t10-,12+,13+,14-,18+;;;/m0.../s1. The summed E-state index contributed by atoms with van der Waals surface area (Å²) in [5, 5.41) is 32.7. The highest BCUT2D eigenvalue weighted by Gasteiger charge is 2.64. The Morgan fingerprint density at radius 2 is 1.67 bits per heavy atom. The summed E-state index contributed by atoms with van der Waals surface area (Å²) in [6.45, 7) is 3.38. The van der Waals surface area contributed by atoms with Crippen molar-refractivity contribution in [3.05, 3.63) is 29.8 Å². The van der Waals surface area contributed by atoms with Crippen molar-refractivity contribution in [2.75, 3.05) is 0 Å². The van der Waals surface area contributed by atoms with Crippen molar-refractivity contribution in [3.63, 3.8) is 0 Å². The Bertz CT molecular complexity index is 1000. The lowest BCUT2D eigenvalue weighted by molar-refractivity contribution is -0.161. The second-order valence-electron chi connectivity index (χ2n) is 8.33. The number of amides is 3. The van der Waals surface area contributed by atoms with E-state index in [1.807, 2.05) is 0 Å². The van der Waals surface area contributed by atoms with Crippen LogP contribution < -0.4 is 16.4 Å². The first kappa shape index (κ1) is 32.6. The molecule has 0 spiro atoms. The number of fused-ring (bicyclic) bond motifs is 1.